The maximum atomic E-state index is 12.8. The highest BCUT2D eigenvalue weighted by Gasteiger charge is 2.55. The van der Waals surface area contributed by atoms with E-state index in [1.54, 1.807) is 17.4 Å². The zero-order valence-electron chi connectivity index (χ0n) is 14.5. The molecule has 1 saturated heterocycles. The summed E-state index contributed by atoms with van der Waals surface area (Å²) in [5, 5.41) is 12.2. The van der Waals surface area contributed by atoms with E-state index in [2.05, 4.69) is 4.98 Å². The summed E-state index contributed by atoms with van der Waals surface area (Å²) in [7, 11) is 1.62. The van der Waals surface area contributed by atoms with Crippen LogP contribution in [0, 0.1) is 11.3 Å². The van der Waals surface area contributed by atoms with Crippen LogP contribution in [0.2, 0.25) is 0 Å². The molecule has 1 N–H and O–H groups in total. The van der Waals surface area contributed by atoms with Gasteiger partial charge in [-0.2, -0.15) is 0 Å². The number of hydrogen-bond donors (Lipinski definition) is 1. The van der Waals surface area contributed by atoms with Gasteiger partial charge >= 0.3 is 5.97 Å². The molecule has 1 aliphatic carbocycles. The average molecular weight is 372 g/mol. The van der Waals surface area contributed by atoms with Crippen molar-refractivity contribution in [3.63, 3.8) is 0 Å². The molecule has 26 heavy (non-hydrogen) atoms. The van der Waals surface area contributed by atoms with Crippen LogP contribution >= 0.6 is 11.3 Å². The van der Waals surface area contributed by atoms with Crippen molar-refractivity contribution in [1.29, 1.82) is 0 Å². The van der Waals surface area contributed by atoms with Gasteiger partial charge in [-0.25, -0.2) is 4.98 Å². The summed E-state index contributed by atoms with van der Waals surface area (Å²) < 4.78 is 5.16. The van der Waals surface area contributed by atoms with Crippen molar-refractivity contribution in [2.75, 3.05) is 20.2 Å². The summed E-state index contributed by atoms with van der Waals surface area (Å²) in [5.74, 6) is -0.114. The van der Waals surface area contributed by atoms with E-state index < -0.39 is 11.4 Å². The first-order valence-corrected chi connectivity index (χ1v) is 9.54. The second-order valence-corrected chi connectivity index (χ2v) is 7.86. The van der Waals surface area contributed by atoms with Gasteiger partial charge in [-0.3, -0.25) is 9.59 Å². The Morgan fingerprint density at radius 2 is 2.12 bits per heavy atom. The fourth-order valence-electron chi connectivity index (χ4n) is 4.19. The van der Waals surface area contributed by atoms with E-state index in [1.165, 1.54) is 11.3 Å². The fourth-order valence-corrected chi connectivity index (χ4v) is 4.99. The predicted octanol–water partition coefficient (Wildman–Crippen LogP) is 3.15. The molecule has 0 unspecified atom stereocenters. The number of carboxylic acids is 1. The third kappa shape index (κ3) is 2.67. The van der Waals surface area contributed by atoms with Crippen LogP contribution in [0.15, 0.2) is 29.6 Å². The van der Waals surface area contributed by atoms with E-state index >= 15 is 0 Å². The maximum Gasteiger partial charge on any atom is 0.311 e. The number of rotatable bonds is 4. The molecule has 6 nitrogen and oxygen atoms in total. The number of carbonyl (C=O) groups is 2. The highest BCUT2D eigenvalue weighted by atomic mass is 32.1. The number of likely N-dealkylation sites (tertiary alicyclic amines) is 1. The molecule has 1 aromatic carbocycles. The van der Waals surface area contributed by atoms with Crippen molar-refractivity contribution in [3.8, 4) is 16.3 Å². The Morgan fingerprint density at radius 1 is 1.35 bits per heavy atom. The van der Waals surface area contributed by atoms with Crippen molar-refractivity contribution < 1.29 is 19.4 Å². The van der Waals surface area contributed by atoms with Crippen molar-refractivity contribution in [2.24, 2.45) is 11.3 Å². The van der Waals surface area contributed by atoms with Gasteiger partial charge in [0.2, 0.25) is 0 Å². The number of thiazole rings is 1. The summed E-state index contributed by atoms with van der Waals surface area (Å²) in [5.41, 5.74) is 0.557. The fraction of sp³-hybridized carbons (Fsp3) is 0.421. The van der Waals surface area contributed by atoms with E-state index in [0.29, 0.717) is 25.2 Å². The molecule has 4 rings (SSSR count). The molecule has 1 aliphatic heterocycles. The lowest BCUT2D eigenvalue weighted by Crippen LogP contribution is -2.37. The standard InChI is InChI=1S/C19H20N2O4S/c1-25-14-6-4-12(5-7-14)16-20-15(10-26-16)17(22)21-9-13-3-2-8-19(13,11-21)18(23)24/h4-7,10,13H,2-3,8-9,11H2,1H3,(H,23,24)/t13-,19+/m0/s1. The highest BCUT2D eigenvalue weighted by molar-refractivity contribution is 7.13. The third-order valence-corrected chi connectivity index (χ3v) is 6.54. The Labute approximate surface area is 155 Å². The number of nitrogens with zero attached hydrogens (tertiary/aromatic N) is 2. The van der Waals surface area contributed by atoms with Crippen LogP contribution in [0.4, 0.5) is 0 Å². The Hall–Kier alpha value is -2.41. The summed E-state index contributed by atoms with van der Waals surface area (Å²) in [6, 6.07) is 7.53. The molecule has 1 aromatic heterocycles. The molecule has 7 heteroatoms. The van der Waals surface area contributed by atoms with Gasteiger partial charge in [0.1, 0.15) is 16.5 Å². The van der Waals surface area contributed by atoms with E-state index in [0.717, 1.165) is 29.2 Å². The minimum absolute atomic E-state index is 0.0589. The summed E-state index contributed by atoms with van der Waals surface area (Å²) in [6.07, 6.45) is 2.46. The Balaban J connectivity index is 1.53. The number of fused-ring (bicyclic) bond motifs is 1. The van der Waals surface area contributed by atoms with Crippen LogP contribution in [0.5, 0.6) is 5.75 Å². The largest absolute Gasteiger partial charge is 0.497 e. The molecule has 0 bridgehead atoms. The third-order valence-electron chi connectivity index (χ3n) is 5.64. The Morgan fingerprint density at radius 3 is 2.77 bits per heavy atom. The number of carbonyl (C=O) groups excluding carboxylic acids is 1. The predicted molar refractivity (Wildman–Crippen MR) is 97.4 cm³/mol. The number of amides is 1. The molecule has 0 radical (unpaired) electrons. The van der Waals surface area contributed by atoms with Gasteiger partial charge in [-0.1, -0.05) is 6.42 Å². The summed E-state index contributed by atoms with van der Waals surface area (Å²) >= 11 is 1.41. The van der Waals surface area contributed by atoms with E-state index in [1.807, 2.05) is 24.3 Å². The lowest BCUT2D eigenvalue weighted by Gasteiger charge is -2.23. The van der Waals surface area contributed by atoms with E-state index in [-0.39, 0.29) is 11.8 Å². The first kappa shape index (κ1) is 17.0. The van der Waals surface area contributed by atoms with Gasteiger partial charge in [-0.05, 0) is 43.0 Å². The number of hydrogen-bond acceptors (Lipinski definition) is 5. The lowest BCUT2D eigenvalue weighted by atomic mass is 9.81. The quantitative estimate of drug-likeness (QED) is 0.892. The molecule has 136 valence electrons. The average Bonchev–Trinajstić information content (AvgIpc) is 3.35. The van der Waals surface area contributed by atoms with Gasteiger partial charge in [0.05, 0.1) is 12.5 Å². The Kier molecular flexibility index (Phi) is 4.19. The minimum atomic E-state index is -0.771. The summed E-state index contributed by atoms with van der Waals surface area (Å²) in [6.45, 7) is 0.807. The van der Waals surface area contributed by atoms with Crippen LogP contribution in [-0.2, 0) is 4.79 Å². The molecule has 0 spiro atoms. The second-order valence-electron chi connectivity index (χ2n) is 7.00. The molecule has 1 amide bonds. The zero-order chi connectivity index (χ0) is 18.3. The SMILES string of the molecule is COc1ccc(-c2nc(C(=O)N3C[C@@H]4CCC[C@@]4(C(=O)O)C3)cs2)cc1. The molecule has 2 aromatic rings. The van der Waals surface area contributed by atoms with Gasteiger partial charge < -0.3 is 14.7 Å². The number of methoxy groups -OCH3 is 1. The maximum absolute atomic E-state index is 12.8. The van der Waals surface area contributed by atoms with E-state index in [9.17, 15) is 14.7 Å². The molecule has 2 aliphatic rings. The molecule has 2 heterocycles. The molecular weight excluding hydrogens is 352 g/mol. The number of carboxylic acid groups (broad SMARTS) is 1. The minimum Gasteiger partial charge on any atom is -0.497 e. The van der Waals surface area contributed by atoms with Crippen LogP contribution in [0.25, 0.3) is 10.6 Å². The first-order chi connectivity index (χ1) is 12.5. The number of benzene rings is 1. The van der Waals surface area contributed by atoms with Gasteiger partial charge in [0, 0.05) is 24.0 Å². The van der Waals surface area contributed by atoms with E-state index in [4.69, 9.17) is 4.74 Å². The van der Waals surface area contributed by atoms with Crippen molar-refractivity contribution >= 4 is 23.2 Å². The lowest BCUT2D eigenvalue weighted by molar-refractivity contribution is -0.149. The van der Waals surface area contributed by atoms with Crippen molar-refractivity contribution in [3.05, 3.63) is 35.3 Å². The van der Waals surface area contributed by atoms with Crippen LogP contribution in [-0.4, -0.2) is 47.1 Å². The van der Waals surface area contributed by atoms with Gasteiger partial charge in [0.25, 0.3) is 5.91 Å². The topological polar surface area (TPSA) is 79.7 Å². The van der Waals surface area contributed by atoms with Crippen LogP contribution < -0.4 is 4.74 Å². The van der Waals surface area contributed by atoms with Crippen molar-refractivity contribution in [2.45, 2.75) is 19.3 Å². The van der Waals surface area contributed by atoms with Gasteiger partial charge in [-0.15, -0.1) is 11.3 Å². The second kappa shape index (κ2) is 6.39. The molecular formula is C19H20N2O4S. The van der Waals surface area contributed by atoms with Gasteiger partial charge in [0.15, 0.2) is 0 Å². The number of ether oxygens (including phenoxy) is 1. The molecule has 1 saturated carbocycles. The number of aliphatic carboxylic acids is 1. The van der Waals surface area contributed by atoms with Crippen LogP contribution in [0.1, 0.15) is 29.8 Å². The normalized spacial score (nSPS) is 24.5. The molecule has 2 fully saturated rings. The monoisotopic (exact) mass is 372 g/mol. The number of aromatic nitrogens is 1. The van der Waals surface area contributed by atoms with Crippen molar-refractivity contribution in [1.82, 2.24) is 9.88 Å². The zero-order valence-corrected chi connectivity index (χ0v) is 15.3. The first-order valence-electron chi connectivity index (χ1n) is 8.66. The smallest absolute Gasteiger partial charge is 0.311 e. The Bertz CT molecular complexity index is 847. The molecule has 2 atom stereocenters. The summed E-state index contributed by atoms with van der Waals surface area (Å²) in [4.78, 5) is 30.8. The van der Waals surface area contributed by atoms with Crippen LogP contribution in [0.3, 0.4) is 0 Å². The highest BCUT2D eigenvalue weighted by Crippen LogP contribution is 2.49.